The van der Waals surface area contributed by atoms with E-state index in [-0.39, 0.29) is 29.0 Å². The van der Waals surface area contributed by atoms with Crippen LogP contribution in [0.15, 0.2) is 34.3 Å². The molecule has 1 aliphatic heterocycles. The molecule has 5 rings (SSSR count). The van der Waals surface area contributed by atoms with E-state index in [1.807, 2.05) is 6.07 Å². The number of carbonyl (C=O) groups excluding carboxylic acids is 1. The Hall–Kier alpha value is -2.61. The summed E-state index contributed by atoms with van der Waals surface area (Å²) < 4.78 is 3.43. The summed E-state index contributed by atoms with van der Waals surface area (Å²) in [6.07, 6.45) is 5.10. The van der Waals surface area contributed by atoms with Crippen LogP contribution in [-0.4, -0.2) is 37.0 Å². The molecular weight excluding hydrogens is 446 g/mol. The summed E-state index contributed by atoms with van der Waals surface area (Å²) in [5, 5.41) is 8.87. The van der Waals surface area contributed by atoms with Crippen LogP contribution < -0.4 is 10.9 Å². The quantitative estimate of drug-likeness (QED) is 0.555. The number of nitrogens with one attached hydrogen (secondary N) is 1. The third-order valence-corrected chi connectivity index (χ3v) is 8.38. The minimum absolute atomic E-state index is 0.0196. The molecule has 8 heteroatoms. The molecule has 2 aromatic heterocycles. The smallest absolute Gasteiger partial charge is 0.265 e. The van der Waals surface area contributed by atoms with Crippen molar-refractivity contribution in [1.29, 1.82) is 0 Å². The molecule has 0 radical (unpaired) electrons. The SMILES string of the molecule is Cc1ccc(-n2ncc3c(=O)n4c(nc32)SCC4CC(=O)NC2CC(C)CC(C)(C)C2)cc1C. The third-order valence-electron chi connectivity index (χ3n) is 7.28. The first-order chi connectivity index (χ1) is 16.1. The molecule has 34 heavy (non-hydrogen) atoms. The molecule has 1 aromatic carbocycles. The predicted octanol–water partition coefficient (Wildman–Crippen LogP) is 4.57. The number of aromatic nitrogens is 4. The van der Waals surface area contributed by atoms with Gasteiger partial charge in [-0.25, -0.2) is 9.67 Å². The van der Waals surface area contributed by atoms with Crippen molar-refractivity contribution >= 4 is 28.7 Å². The van der Waals surface area contributed by atoms with Gasteiger partial charge in [0.1, 0.15) is 5.39 Å². The highest BCUT2D eigenvalue weighted by atomic mass is 32.2. The normalized spacial score (nSPS) is 23.7. The van der Waals surface area contributed by atoms with Crippen molar-refractivity contribution in [3.8, 4) is 5.69 Å². The molecule has 1 amide bonds. The number of hydrogen-bond donors (Lipinski definition) is 1. The number of amides is 1. The molecule has 1 fully saturated rings. The Kier molecular flexibility index (Phi) is 5.82. The second-order valence-corrected chi connectivity index (χ2v) is 12.0. The van der Waals surface area contributed by atoms with Crippen LogP contribution in [0.1, 0.15) is 63.6 Å². The van der Waals surface area contributed by atoms with Crippen molar-refractivity contribution in [1.82, 2.24) is 24.6 Å². The monoisotopic (exact) mass is 479 g/mol. The summed E-state index contributed by atoms with van der Waals surface area (Å²) in [5.74, 6) is 1.29. The van der Waals surface area contributed by atoms with Gasteiger partial charge in [-0.1, -0.05) is 38.6 Å². The summed E-state index contributed by atoms with van der Waals surface area (Å²) in [6, 6.07) is 6.11. The van der Waals surface area contributed by atoms with E-state index in [1.54, 1.807) is 15.4 Å². The van der Waals surface area contributed by atoms with Crippen molar-refractivity contribution in [3.05, 3.63) is 45.9 Å². The lowest BCUT2D eigenvalue weighted by atomic mass is 9.70. The number of benzene rings is 1. The maximum Gasteiger partial charge on any atom is 0.265 e. The van der Waals surface area contributed by atoms with Gasteiger partial charge in [-0.05, 0) is 67.7 Å². The molecule has 3 aromatic rings. The zero-order valence-electron chi connectivity index (χ0n) is 20.6. The number of rotatable bonds is 4. The zero-order chi connectivity index (χ0) is 24.2. The van der Waals surface area contributed by atoms with Gasteiger partial charge >= 0.3 is 0 Å². The Bertz CT molecular complexity index is 1320. The molecule has 3 heterocycles. The van der Waals surface area contributed by atoms with Gasteiger partial charge in [-0.15, -0.1) is 0 Å². The standard InChI is InChI=1S/C26H33N5O2S/c1-15-8-18(12-26(4,5)11-15)28-22(32)10-20-14-34-25-29-23-21(24(33)30(20)25)13-27-31(23)19-7-6-16(2)17(3)9-19/h6-7,9,13,15,18,20H,8,10-12,14H2,1-5H3,(H,28,32). The van der Waals surface area contributed by atoms with Gasteiger partial charge in [0.15, 0.2) is 10.8 Å². The Balaban J connectivity index is 1.38. The Morgan fingerprint density at radius 1 is 1.24 bits per heavy atom. The summed E-state index contributed by atoms with van der Waals surface area (Å²) in [6.45, 7) is 10.9. The van der Waals surface area contributed by atoms with Crippen molar-refractivity contribution < 1.29 is 4.79 Å². The summed E-state index contributed by atoms with van der Waals surface area (Å²) >= 11 is 1.54. The first-order valence-corrected chi connectivity index (χ1v) is 13.1. The average molecular weight is 480 g/mol. The topological polar surface area (TPSA) is 81.8 Å². The molecule has 3 unspecified atom stereocenters. The van der Waals surface area contributed by atoms with E-state index >= 15 is 0 Å². The van der Waals surface area contributed by atoms with Gasteiger partial charge in [-0.3, -0.25) is 14.2 Å². The van der Waals surface area contributed by atoms with Gasteiger partial charge in [0.2, 0.25) is 5.91 Å². The lowest BCUT2D eigenvalue weighted by Gasteiger charge is -2.39. The number of fused-ring (bicyclic) bond motifs is 2. The summed E-state index contributed by atoms with van der Waals surface area (Å²) in [7, 11) is 0. The highest BCUT2D eigenvalue weighted by Gasteiger charge is 2.34. The van der Waals surface area contributed by atoms with E-state index in [2.05, 4.69) is 57.2 Å². The molecule has 180 valence electrons. The fourth-order valence-electron chi connectivity index (χ4n) is 5.78. The molecule has 7 nitrogen and oxygen atoms in total. The Labute approximate surface area is 204 Å². The number of carbonyl (C=O) groups is 1. The number of aryl methyl sites for hydroxylation is 2. The van der Waals surface area contributed by atoms with E-state index in [4.69, 9.17) is 4.98 Å². The molecule has 1 N–H and O–H groups in total. The minimum Gasteiger partial charge on any atom is -0.353 e. The zero-order valence-corrected chi connectivity index (χ0v) is 21.4. The second-order valence-electron chi connectivity index (χ2n) is 11.0. The van der Waals surface area contributed by atoms with Crippen molar-refractivity contribution in [2.75, 3.05) is 5.75 Å². The van der Waals surface area contributed by atoms with E-state index < -0.39 is 0 Å². The highest BCUT2D eigenvalue weighted by molar-refractivity contribution is 7.99. The molecule has 1 saturated carbocycles. The first-order valence-electron chi connectivity index (χ1n) is 12.1. The highest BCUT2D eigenvalue weighted by Crippen LogP contribution is 2.39. The van der Waals surface area contributed by atoms with Crippen LogP contribution in [0.25, 0.3) is 16.7 Å². The van der Waals surface area contributed by atoms with E-state index in [9.17, 15) is 9.59 Å². The van der Waals surface area contributed by atoms with Gasteiger partial charge in [-0.2, -0.15) is 5.10 Å². The molecule has 0 spiro atoms. The average Bonchev–Trinajstić information content (AvgIpc) is 3.33. The Morgan fingerprint density at radius 2 is 2.03 bits per heavy atom. The summed E-state index contributed by atoms with van der Waals surface area (Å²) in [4.78, 5) is 31.2. The van der Waals surface area contributed by atoms with E-state index in [0.717, 1.165) is 24.1 Å². The van der Waals surface area contributed by atoms with Crippen LogP contribution in [0.4, 0.5) is 0 Å². The lowest BCUT2D eigenvalue weighted by Crippen LogP contribution is -2.43. The van der Waals surface area contributed by atoms with Crippen molar-refractivity contribution in [2.45, 2.75) is 77.5 Å². The van der Waals surface area contributed by atoms with Crippen LogP contribution >= 0.6 is 11.8 Å². The lowest BCUT2D eigenvalue weighted by molar-refractivity contribution is -0.123. The van der Waals surface area contributed by atoms with E-state index in [0.29, 0.717) is 34.3 Å². The fraction of sp³-hybridized carbons (Fsp3) is 0.538. The van der Waals surface area contributed by atoms with Crippen LogP contribution in [0.3, 0.4) is 0 Å². The molecule has 3 atom stereocenters. The minimum atomic E-state index is -0.191. The van der Waals surface area contributed by atoms with Crippen molar-refractivity contribution in [2.24, 2.45) is 11.3 Å². The third kappa shape index (κ3) is 4.28. The largest absolute Gasteiger partial charge is 0.353 e. The number of thioether (sulfide) groups is 1. The molecule has 1 aliphatic carbocycles. The molecule has 0 saturated heterocycles. The maximum atomic E-state index is 13.4. The van der Waals surface area contributed by atoms with Crippen LogP contribution in [0, 0.1) is 25.2 Å². The van der Waals surface area contributed by atoms with Gasteiger partial charge in [0, 0.05) is 18.2 Å². The molecule has 2 aliphatic rings. The number of hydrogen-bond acceptors (Lipinski definition) is 5. The van der Waals surface area contributed by atoms with Crippen LogP contribution in [0.2, 0.25) is 0 Å². The second kappa shape index (κ2) is 8.56. The summed E-state index contributed by atoms with van der Waals surface area (Å²) in [5.41, 5.74) is 3.94. The molecular formula is C26H33N5O2S. The van der Waals surface area contributed by atoms with Crippen molar-refractivity contribution in [3.63, 3.8) is 0 Å². The van der Waals surface area contributed by atoms with Gasteiger partial charge in [0.05, 0.1) is 17.9 Å². The van der Waals surface area contributed by atoms with Gasteiger partial charge in [0.25, 0.3) is 5.56 Å². The number of nitrogens with zero attached hydrogens (tertiary/aromatic N) is 4. The molecule has 0 bridgehead atoms. The van der Waals surface area contributed by atoms with Crippen LogP contribution in [0.5, 0.6) is 0 Å². The predicted molar refractivity (Wildman–Crippen MR) is 136 cm³/mol. The van der Waals surface area contributed by atoms with Gasteiger partial charge < -0.3 is 5.32 Å². The van der Waals surface area contributed by atoms with Crippen LogP contribution in [-0.2, 0) is 4.79 Å². The Morgan fingerprint density at radius 3 is 2.76 bits per heavy atom. The maximum absolute atomic E-state index is 13.4. The fourth-order valence-corrected chi connectivity index (χ4v) is 6.91. The van der Waals surface area contributed by atoms with E-state index in [1.165, 1.54) is 23.7 Å². The first kappa shape index (κ1) is 23.1.